The van der Waals surface area contributed by atoms with Crippen LogP contribution >= 0.6 is 0 Å². The molecule has 166 valence electrons. The molecule has 2 N–H and O–H groups in total. The van der Waals surface area contributed by atoms with Gasteiger partial charge in [-0.25, -0.2) is 4.99 Å². The first kappa shape index (κ1) is 22.9. The van der Waals surface area contributed by atoms with Gasteiger partial charge < -0.3 is 10.5 Å². The number of aryl methyl sites for hydroxylation is 1. The molecule has 0 saturated heterocycles. The minimum absolute atomic E-state index is 0.00667. The highest BCUT2D eigenvalue weighted by Crippen LogP contribution is 2.47. The number of hydrogen-bond donors (Lipinski definition) is 1. The van der Waals surface area contributed by atoms with Crippen LogP contribution in [0.25, 0.3) is 11.1 Å². The van der Waals surface area contributed by atoms with E-state index in [4.69, 9.17) is 15.5 Å². The van der Waals surface area contributed by atoms with E-state index in [2.05, 4.69) is 31.2 Å². The average molecular weight is 422 g/mol. The summed E-state index contributed by atoms with van der Waals surface area (Å²) < 4.78 is 5.39. The number of hydrogen-bond acceptors (Lipinski definition) is 4. The van der Waals surface area contributed by atoms with Crippen LogP contribution in [0.2, 0.25) is 0 Å². The molecule has 0 aromatic heterocycles. The lowest BCUT2D eigenvalue weighted by molar-refractivity contribution is -0.133. The Balaban J connectivity index is 0.00000132. The molecular weight excluding hydrogens is 386 g/mol. The van der Waals surface area contributed by atoms with E-state index in [0.717, 1.165) is 53.7 Å². The normalized spacial score (nSPS) is 21.4. The standard InChI is InChI=1S/C24H29N3O2.C2H6/c1-16-12-13-18(17-8-7-11-20(14-17)29-3)15-21(16)24(19-9-5-4-6-10-19)22(28)27(2)23(25)26-24;1-2/h7-8,11-15,19H,4-6,9-10H2,1-3H3,(H2,25,26);1-2H3/t24-;/m0./s1. The summed E-state index contributed by atoms with van der Waals surface area (Å²) in [5.41, 5.74) is 9.40. The monoisotopic (exact) mass is 421 g/mol. The van der Waals surface area contributed by atoms with Crippen LogP contribution in [0.1, 0.15) is 57.1 Å². The first-order valence-corrected chi connectivity index (χ1v) is 11.4. The number of rotatable bonds is 4. The maximum Gasteiger partial charge on any atom is 0.261 e. The van der Waals surface area contributed by atoms with Crippen LogP contribution in [0.3, 0.4) is 0 Å². The molecule has 1 heterocycles. The van der Waals surface area contributed by atoms with E-state index >= 15 is 0 Å². The molecule has 0 spiro atoms. The summed E-state index contributed by atoms with van der Waals surface area (Å²) in [5, 5.41) is 0. The Kier molecular flexibility index (Phi) is 7.04. The number of nitrogens with zero attached hydrogens (tertiary/aromatic N) is 2. The first-order valence-electron chi connectivity index (χ1n) is 11.4. The minimum Gasteiger partial charge on any atom is -0.497 e. The highest BCUT2D eigenvalue weighted by atomic mass is 16.5. The van der Waals surface area contributed by atoms with Crippen molar-refractivity contribution in [2.75, 3.05) is 14.2 Å². The molecule has 5 heteroatoms. The van der Waals surface area contributed by atoms with Crippen LogP contribution in [0.15, 0.2) is 47.5 Å². The predicted molar refractivity (Wildman–Crippen MR) is 127 cm³/mol. The van der Waals surface area contributed by atoms with Gasteiger partial charge in [-0.05, 0) is 66.1 Å². The fourth-order valence-corrected chi connectivity index (χ4v) is 4.86. The predicted octanol–water partition coefficient (Wildman–Crippen LogP) is 5.26. The SMILES string of the molecule is CC.COc1cccc(-c2ccc(C)c([C@]3(C4CCCCC4)N=C(N)N(C)C3=O)c2)c1. The first-order chi connectivity index (χ1) is 15.0. The van der Waals surface area contributed by atoms with Gasteiger partial charge in [-0.15, -0.1) is 0 Å². The van der Waals surface area contributed by atoms with Crippen molar-refractivity contribution in [1.82, 2.24) is 4.90 Å². The Morgan fingerprint density at radius 2 is 1.74 bits per heavy atom. The summed E-state index contributed by atoms with van der Waals surface area (Å²) >= 11 is 0. The van der Waals surface area contributed by atoms with Crippen LogP contribution in [-0.2, 0) is 10.3 Å². The van der Waals surface area contributed by atoms with E-state index in [0.29, 0.717) is 5.96 Å². The molecule has 1 fully saturated rings. The molecule has 0 unspecified atom stereocenters. The van der Waals surface area contributed by atoms with Gasteiger partial charge >= 0.3 is 0 Å². The van der Waals surface area contributed by atoms with E-state index in [9.17, 15) is 4.79 Å². The van der Waals surface area contributed by atoms with Crippen LogP contribution in [0.5, 0.6) is 5.75 Å². The number of likely N-dealkylation sites (N-methyl/N-ethyl adjacent to an activating group) is 1. The molecule has 5 nitrogen and oxygen atoms in total. The van der Waals surface area contributed by atoms with Crippen molar-refractivity contribution >= 4 is 11.9 Å². The van der Waals surface area contributed by atoms with E-state index in [1.165, 1.54) is 11.3 Å². The summed E-state index contributed by atoms with van der Waals surface area (Å²) in [4.78, 5) is 19.9. The number of carbonyl (C=O) groups is 1. The number of aliphatic imine (C=N–C) groups is 1. The highest BCUT2D eigenvalue weighted by Gasteiger charge is 2.53. The summed E-state index contributed by atoms with van der Waals surface area (Å²) in [6.45, 7) is 6.06. The number of amides is 1. The van der Waals surface area contributed by atoms with Crippen molar-refractivity contribution in [1.29, 1.82) is 0 Å². The number of carbonyl (C=O) groups excluding carboxylic acids is 1. The van der Waals surface area contributed by atoms with Crippen LogP contribution in [0, 0.1) is 12.8 Å². The molecule has 0 bridgehead atoms. The van der Waals surface area contributed by atoms with Crippen molar-refractivity contribution in [3.8, 4) is 16.9 Å². The van der Waals surface area contributed by atoms with Crippen molar-refractivity contribution in [2.24, 2.45) is 16.6 Å². The van der Waals surface area contributed by atoms with Gasteiger partial charge in [0, 0.05) is 7.05 Å². The van der Waals surface area contributed by atoms with Crippen molar-refractivity contribution in [3.63, 3.8) is 0 Å². The molecule has 2 aromatic carbocycles. The molecular formula is C26H35N3O2. The second-order valence-electron chi connectivity index (χ2n) is 8.20. The van der Waals surface area contributed by atoms with Gasteiger partial charge in [-0.1, -0.05) is 57.4 Å². The van der Waals surface area contributed by atoms with Gasteiger partial charge in [0.15, 0.2) is 11.5 Å². The van der Waals surface area contributed by atoms with Gasteiger partial charge in [-0.3, -0.25) is 9.69 Å². The summed E-state index contributed by atoms with van der Waals surface area (Å²) in [6, 6.07) is 14.3. The summed E-state index contributed by atoms with van der Waals surface area (Å²) in [7, 11) is 3.40. The van der Waals surface area contributed by atoms with E-state index in [1.54, 1.807) is 14.2 Å². The second kappa shape index (κ2) is 9.54. The van der Waals surface area contributed by atoms with Crippen molar-refractivity contribution in [2.45, 2.75) is 58.4 Å². The second-order valence-corrected chi connectivity index (χ2v) is 8.20. The summed E-state index contributed by atoms with van der Waals surface area (Å²) in [6.07, 6.45) is 5.48. The molecule has 2 aliphatic rings. The number of guanidine groups is 1. The number of methoxy groups -OCH3 is 1. The maximum absolute atomic E-state index is 13.5. The molecule has 1 atom stereocenters. The minimum atomic E-state index is -0.918. The van der Waals surface area contributed by atoms with Gasteiger partial charge in [0.05, 0.1) is 7.11 Å². The highest BCUT2D eigenvalue weighted by molar-refractivity contribution is 6.07. The number of nitrogens with two attached hydrogens (primary N) is 1. The average Bonchev–Trinajstić information content (AvgIpc) is 3.06. The molecule has 1 saturated carbocycles. The van der Waals surface area contributed by atoms with Crippen LogP contribution in [-0.4, -0.2) is 30.9 Å². The fraction of sp³-hybridized carbons (Fsp3) is 0.462. The Bertz CT molecular complexity index is 963. The fourth-order valence-electron chi connectivity index (χ4n) is 4.86. The largest absolute Gasteiger partial charge is 0.497 e. The zero-order chi connectivity index (χ0) is 22.6. The lowest BCUT2D eigenvalue weighted by atomic mass is 9.69. The van der Waals surface area contributed by atoms with Gasteiger partial charge in [-0.2, -0.15) is 0 Å². The molecule has 2 aromatic rings. The Morgan fingerprint density at radius 1 is 1.06 bits per heavy atom. The lowest BCUT2D eigenvalue weighted by Crippen LogP contribution is -2.45. The maximum atomic E-state index is 13.5. The van der Waals surface area contributed by atoms with Gasteiger partial charge in [0.25, 0.3) is 5.91 Å². The van der Waals surface area contributed by atoms with E-state index < -0.39 is 5.54 Å². The number of benzene rings is 2. The van der Waals surface area contributed by atoms with E-state index in [-0.39, 0.29) is 11.8 Å². The van der Waals surface area contributed by atoms with Gasteiger partial charge in [0.2, 0.25) is 0 Å². The Hall–Kier alpha value is -2.82. The Morgan fingerprint density at radius 3 is 2.35 bits per heavy atom. The van der Waals surface area contributed by atoms with Gasteiger partial charge in [0.1, 0.15) is 5.75 Å². The van der Waals surface area contributed by atoms with Crippen molar-refractivity contribution in [3.05, 3.63) is 53.6 Å². The topological polar surface area (TPSA) is 67.9 Å². The van der Waals surface area contributed by atoms with Crippen molar-refractivity contribution < 1.29 is 9.53 Å². The third-order valence-corrected chi connectivity index (χ3v) is 6.51. The smallest absolute Gasteiger partial charge is 0.261 e. The molecule has 1 aliphatic carbocycles. The third kappa shape index (κ3) is 4.06. The quantitative estimate of drug-likeness (QED) is 0.732. The molecule has 0 radical (unpaired) electrons. The zero-order valence-corrected chi connectivity index (χ0v) is 19.4. The molecule has 31 heavy (non-hydrogen) atoms. The molecule has 1 aliphatic heterocycles. The van der Waals surface area contributed by atoms with Crippen LogP contribution < -0.4 is 10.5 Å². The lowest BCUT2D eigenvalue weighted by Gasteiger charge is -2.37. The molecule has 1 amide bonds. The third-order valence-electron chi connectivity index (χ3n) is 6.51. The number of ether oxygens (including phenoxy) is 1. The van der Waals surface area contributed by atoms with E-state index in [1.807, 2.05) is 32.0 Å². The Labute approximate surface area is 186 Å². The van der Waals surface area contributed by atoms with Crippen LogP contribution in [0.4, 0.5) is 0 Å². The molecule has 4 rings (SSSR count). The summed E-state index contributed by atoms with van der Waals surface area (Å²) in [5.74, 6) is 1.29. The zero-order valence-electron chi connectivity index (χ0n) is 19.4.